The molecule has 8 heteroatoms. The Morgan fingerprint density at radius 3 is 1.70 bits per heavy atom. The number of hydrogen-bond donors (Lipinski definition) is 1. The number of diazo groups is 2. The summed E-state index contributed by atoms with van der Waals surface area (Å²) < 4.78 is 26.5. The largest absolute Gasteiger partial charge is 0.385 e. The van der Waals surface area contributed by atoms with Gasteiger partial charge in [-0.2, -0.15) is 0 Å². The average molecular weight is 287 g/mol. The van der Waals surface area contributed by atoms with Gasteiger partial charge < -0.3 is 0 Å². The maximum atomic E-state index is 12.1. The summed E-state index contributed by atoms with van der Waals surface area (Å²) >= 11 is 0. The second-order valence-electron chi connectivity index (χ2n) is 3.85. The van der Waals surface area contributed by atoms with Gasteiger partial charge in [-0.1, -0.05) is 0 Å². The summed E-state index contributed by atoms with van der Waals surface area (Å²) in [5.74, 6) is 0. The maximum absolute atomic E-state index is 12.1. The number of nitrogens with one attached hydrogen (secondary N) is 1. The van der Waals surface area contributed by atoms with Crippen molar-refractivity contribution in [3.63, 3.8) is 0 Å². The molecule has 0 unspecified atom stereocenters. The molecule has 0 heterocycles. The van der Waals surface area contributed by atoms with Crippen molar-refractivity contribution < 1.29 is 8.42 Å². The molecule has 0 atom stereocenters. The Bertz CT molecular complexity index is 799. The number of benzene rings is 2. The van der Waals surface area contributed by atoms with Crippen molar-refractivity contribution in [2.75, 3.05) is 4.72 Å². The smallest absolute Gasteiger partial charge is 0.280 e. The summed E-state index contributed by atoms with van der Waals surface area (Å²) in [5, 5.41) is 17.1. The van der Waals surface area contributed by atoms with Crippen molar-refractivity contribution in [1.29, 1.82) is 10.8 Å². The molecule has 0 saturated heterocycles. The van der Waals surface area contributed by atoms with E-state index in [0.29, 0.717) is 11.4 Å². The van der Waals surface area contributed by atoms with E-state index < -0.39 is 10.0 Å². The lowest BCUT2D eigenvalue weighted by Crippen LogP contribution is -2.12. The predicted molar refractivity (Wildman–Crippen MR) is 73.2 cm³/mol. The van der Waals surface area contributed by atoms with E-state index in [1.54, 1.807) is 0 Å². The Kier molecular flexibility index (Phi) is 3.60. The fourth-order valence-corrected chi connectivity index (χ4v) is 2.56. The lowest BCUT2D eigenvalue weighted by Gasteiger charge is -2.06. The summed E-state index contributed by atoms with van der Waals surface area (Å²) in [7, 11) is -3.72. The van der Waals surface area contributed by atoms with E-state index >= 15 is 0 Å². The van der Waals surface area contributed by atoms with Crippen LogP contribution in [-0.4, -0.2) is 8.42 Å². The molecule has 0 amide bonds. The van der Waals surface area contributed by atoms with Gasteiger partial charge in [0.1, 0.15) is 0 Å². The van der Waals surface area contributed by atoms with Crippen molar-refractivity contribution in [1.82, 2.24) is 0 Å². The minimum Gasteiger partial charge on any atom is -0.280 e. The Labute approximate surface area is 115 Å². The summed E-state index contributed by atoms with van der Waals surface area (Å²) in [4.78, 5) is 5.96. The molecular formula is C12H9N5O2S+2. The van der Waals surface area contributed by atoms with E-state index in [4.69, 9.17) is 10.8 Å². The normalized spacial score (nSPS) is 10.3. The van der Waals surface area contributed by atoms with E-state index in [1.807, 2.05) is 0 Å². The molecule has 20 heavy (non-hydrogen) atoms. The molecule has 0 spiro atoms. The highest BCUT2D eigenvalue weighted by molar-refractivity contribution is 7.92. The zero-order chi connectivity index (χ0) is 14.6. The van der Waals surface area contributed by atoms with Gasteiger partial charge in [0.25, 0.3) is 10.0 Å². The van der Waals surface area contributed by atoms with Crippen LogP contribution in [0.3, 0.4) is 0 Å². The van der Waals surface area contributed by atoms with Gasteiger partial charge in [0.2, 0.25) is 10.8 Å². The Morgan fingerprint density at radius 2 is 1.25 bits per heavy atom. The third-order valence-electron chi connectivity index (χ3n) is 2.50. The standard InChI is InChI=1S/C12H9N5O2S/c13-15-9-1-3-11(4-2-9)17-20(18,19)12-7-5-10(16-14)6-8-12/h1-8,17H/q+2. The van der Waals surface area contributed by atoms with Crippen molar-refractivity contribution >= 4 is 27.1 Å². The first-order valence-electron chi connectivity index (χ1n) is 5.48. The minimum absolute atomic E-state index is 0.0424. The van der Waals surface area contributed by atoms with Crippen molar-refractivity contribution in [2.45, 2.75) is 4.90 Å². The molecule has 2 aromatic rings. The summed E-state index contributed by atoms with van der Waals surface area (Å²) in [6.07, 6.45) is 0. The van der Waals surface area contributed by atoms with Crippen LogP contribution in [-0.2, 0) is 10.0 Å². The molecule has 98 valence electrons. The van der Waals surface area contributed by atoms with Crippen LogP contribution in [0, 0.1) is 10.8 Å². The quantitative estimate of drug-likeness (QED) is 0.873. The minimum atomic E-state index is -3.72. The number of anilines is 1. The molecule has 0 aliphatic carbocycles. The van der Waals surface area contributed by atoms with Crippen LogP contribution in [0.4, 0.5) is 17.1 Å². The van der Waals surface area contributed by atoms with E-state index in [-0.39, 0.29) is 10.6 Å². The topological polar surface area (TPSA) is 102 Å². The van der Waals surface area contributed by atoms with Crippen LogP contribution in [0.15, 0.2) is 53.4 Å². The van der Waals surface area contributed by atoms with Gasteiger partial charge in [-0.15, -0.1) is 0 Å². The number of rotatable bonds is 3. The molecule has 0 aromatic heterocycles. The van der Waals surface area contributed by atoms with E-state index in [2.05, 4.69) is 14.7 Å². The van der Waals surface area contributed by atoms with Crippen LogP contribution in [0.5, 0.6) is 0 Å². The van der Waals surface area contributed by atoms with Crippen LogP contribution in [0.25, 0.3) is 9.95 Å². The molecule has 0 aliphatic heterocycles. The van der Waals surface area contributed by atoms with Crippen LogP contribution >= 0.6 is 0 Å². The van der Waals surface area contributed by atoms with Crippen LogP contribution in [0.1, 0.15) is 0 Å². The van der Waals surface area contributed by atoms with Crippen molar-refractivity contribution in [3.05, 3.63) is 58.5 Å². The van der Waals surface area contributed by atoms with Crippen LogP contribution in [0.2, 0.25) is 0 Å². The lowest BCUT2D eigenvalue weighted by atomic mass is 10.3. The molecule has 0 aliphatic rings. The Morgan fingerprint density at radius 1 is 0.800 bits per heavy atom. The third-order valence-corrected chi connectivity index (χ3v) is 3.89. The zero-order valence-corrected chi connectivity index (χ0v) is 10.9. The second-order valence-corrected chi connectivity index (χ2v) is 5.53. The van der Waals surface area contributed by atoms with Gasteiger partial charge in [0.05, 0.1) is 4.90 Å². The van der Waals surface area contributed by atoms with Gasteiger partial charge >= 0.3 is 11.4 Å². The first kappa shape index (κ1) is 13.5. The monoisotopic (exact) mass is 287 g/mol. The molecule has 1 N–H and O–H groups in total. The van der Waals surface area contributed by atoms with Gasteiger partial charge in [-0.05, 0) is 24.3 Å². The molecule has 0 bridgehead atoms. The molecule has 7 nitrogen and oxygen atoms in total. The lowest BCUT2D eigenvalue weighted by molar-refractivity contribution is 0.601. The molecule has 2 aromatic carbocycles. The summed E-state index contributed by atoms with van der Waals surface area (Å²) in [6.45, 7) is 0. The van der Waals surface area contributed by atoms with E-state index in [9.17, 15) is 8.42 Å². The first-order valence-corrected chi connectivity index (χ1v) is 6.96. The molecule has 0 radical (unpaired) electrons. The number of nitrogens with zero attached hydrogens (tertiary/aromatic N) is 4. The van der Waals surface area contributed by atoms with Gasteiger partial charge in [0, 0.05) is 30.0 Å². The van der Waals surface area contributed by atoms with Gasteiger partial charge in [-0.25, -0.2) is 8.42 Å². The van der Waals surface area contributed by atoms with Crippen molar-refractivity contribution in [2.24, 2.45) is 0 Å². The van der Waals surface area contributed by atoms with E-state index in [1.165, 1.54) is 48.5 Å². The highest BCUT2D eigenvalue weighted by atomic mass is 32.2. The molecular weight excluding hydrogens is 278 g/mol. The number of sulfonamides is 1. The molecule has 2 rings (SSSR count). The summed E-state index contributed by atoms with van der Waals surface area (Å²) in [5.41, 5.74) is 0.924. The van der Waals surface area contributed by atoms with Crippen molar-refractivity contribution in [3.8, 4) is 0 Å². The first-order chi connectivity index (χ1) is 9.55. The SMILES string of the molecule is N#[N+]c1ccc(NS(=O)(=O)c2ccc([N+]#N)cc2)cc1. The zero-order valence-electron chi connectivity index (χ0n) is 10.1. The molecule has 0 fully saturated rings. The fraction of sp³-hybridized carbons (Fsp3) is 0. The average Bonchev–Trinajstić information content (AvgIpc) is 2.48. The maximum Gasteiger partial charge on any atom is 0.385 e. The second kappa shape index (κ2) is 5.34. The Hall–Kier alpha value is -2.97. The number of hydrogen-bond acceptors (Lipinski definition) is 4. The highest BCUT2D eigenvalue weighted by Crippen LogP contribution is 2.21. The Balaban J connectivity index is 2.26. The fourth-order valence-electron chi connectivity index (χ4n) is 1.50. The van der Waals surface area contributed by atoms with Crippen LogP contribution < -0.4 is 4.72 Å². The van der Waals surface area contributed by atoms with Gasteiger partial charge in [0.15, 0.2) is 9.95 Å². The van der Waals surface area contributed by atoms with Gasteiger partial charge in [-0.3, -0.25) is 4.72 Å². The third kappa shape index (κ3) is 2.88. The predicted octanol–water partition coefficient (Wildman–Crippen LogP) is 3.46. The van der Waals surface area contributed by atoms with E-state index in [0.717, 1.165) is 0 Å². The highest BCUT2D eigenvalue weighted by Gasteiger charge is 2.16. The molecule has 0 saturated carbocycles. The summed E-state index contributed by atoms with van der Waals surface area (Å²) in [6, 6.07) is 11.3.